The van der Waals surface area contributed by atoms with Crippen molar-refractivity contribution < 1.29 is 9.53 Å². The minimum Gasteiger partial charge on any atom is -0.457 e. The number of carbonyl (C=O) groups is 1. The number of para-hydroxylation sites is 1. The van der Waals surface area contributed by atoms with Crippen molar-refractivity contribution >= 4 is 17.6 Å². The van der Waals surface area contributed by atoms with Gasteiger partial charge in [-0.3, -0.25) is 9.79 Å². The van der Waals surface area contributed by atoms with Crippen LogP contribution in [0.5, 0.6) is 11.5 Å². The SMILES string of the molecule is CCN(CC)C(=O)CCN=C(N)Nc1cccc(Oc2ccccc2)c1. The van der Waals surface area contributed by atoms with Gasteiger partial charge in [0.1, 0.15) is 11.5 Å². The van der Waals surface area contributed by atoms with E-state index in [4.69, 9.17) is 10.5 Å². The van der Waals surface area contributed by atoms with E-state index in [1.165, 1.54) is 0 Å². The first-order valence-electron chi connectivity index (χ1n) is 8.80. The Labute approximate surface area is 154 Å². The van der Waals surface area contributed by atoms with Gasteiger partial charge in [-0.2, -0.15) is 0 Å². The highest BCUT2D eigenvalue weighted by atomic mass is 16.5. The Morgan fingerprint density at radius 3 is 2.46 bits per heavy atom. The number of benzene rings is 2. The zero-order valence-electron chi connectivity index (χ0n) is 15.3. The lowest BCUT2D eigenvalue weighted by Gasteiger charge is -2.17. The Morgan fingerprint density at radius 2 is 1.77 bits per heavy atom. The van der Waals surface area contributed by atoms with Crippen LogP contribution < -0.4 is 15.8 Å². The summed E-state index contributed by atoms with van der Waals surface area (Å²) in [6.45, 7) is 5.70. The van der Waals surface area contributed by atoms with Gasteiger partial charge in [-0.1, -0.05) is 24.3 Å². The molecule has 0 aliphatic heterocycles. The summed E-state index contributed by atoms with van der Waals surface area (Å²) >= 11 is 0. The van der Waals surface area contributed by atoms with Crippen molar-refractivity contribution in [1.82, 2.24) is 4.90 Å². The van der Waals surface area contributed by atoms with E-state index in [-0.39, 0.29) is 11.9 Å². The third-order valence-corrected chi connectivity index (χ3v) is 3.81. The molecule has 3 N–H and O–H groups in total. The number of nitrogens with zero attached hydrogens (tertiary/aromatic N) is 2. The second-order valence-electron chi connectivity index (χ2n) is 5.65. The number of guanidine groups is 1. The first-order valence-corrected chi connectivity index (χ1v) is 8.80. The molecule has 2 aromatic carbocycles. The molecule has 0 aromatic heterocycles. The number of nitrogens with two attached hydrogens (primary N) is 1. The van der Waals surface area contributed by atoms with Crippen molar-refractivity contribution in [2.75, 3.05) is 25.0 Å². The highest BCUT2D eigenvalue weighted by Crippen LogP contribution is 2.23. The van der Waals surface area contributed by atoms with Crippen LogP contribution in [0.25, 0.3) is 0 Å². The number of hydrogen-bond donors (Lipinski definition) is 2. The molecule has 138 valence electrons. The molecule has 0 unspecified atom stereocenters. The minimum atomic E-state index is 0.0878. The first kappa shape index (κ1) is 19.3. The van der Waals surface area contributed by atoms with E-state index in [0.717, 1.165) is 11.4 Å². The van der Waals surface area contributed by atoms with Crippen LogP contribution in [0.1, 0.15) is 20.3 Å². The van der Waals surface area contributed by atoms with Gasteiger partial charge in [-0.15, -0.1) is 0 Å². The zero-order valence-corrected chi connectivity index (χ0v) is 15.3. The molecule has 0 atom stereocenters. The predicted molar refractivity (Wildman–Crippen MR) is 106 cm³/mol. The molecule has 0 radical (unpaired) electrons. The van der Waals surface area contributed by atoms with Crippen molar-refractivity contribution in [3.63, 3.8) is 0 Å². The normalized spacial score (nSPS) is 11.1. The number of ether oxygens (including phenoxy) is 1. The molecule has 0 saturated carbocycles. The molecule has 0 spiro atoms. The third kappa shape index (κ3) is 6.12. The molecule has 6 heteroatoms. The number of aliphatic imine (C=N–C) groups is 1. The number of amides is 1. The van der Waals surface area contributed by atoms with Crippen molar-refractivity contribution in [2.24, 2.45) is 10.7 Å². The van der Waals surface area contributed by atoms with Crippen LogP contribution in [-0.4, -0.2) is 36.4 Å². The third-order valence-electron chi connectivity index (χ3n) is 3.81. The Kier molecular flexibility index (Phi) is 7.49. The molecule has 0 heterocycles. The maximum atomic E-state index is 11.9. The van der Waals surface area contributed by atoms with Crippen LogP contribution in [0.4, 0.5) is 5.69 Å². The number of anilines is 1. The Hall–Kier alpha value is -3.02. The topological polar surface area (TPSA) is 80.0 Å². The molecular weight excluding hydrogens is 328 g/mol. The van der Waals surface area contributed by atoms with E-state index in [0.29, 0.717) is 31.8 Å². The van der Waals surface area contributed by atoms with E-state index < -0.39 is 0 Å². The fourth-order valence-electron chi connectivity index (χ4n) is 2.46. The van der Waals surface area contributed by atoms with Crippen LogP contribution in [0, 0.1) is 0 Å². The van der Waals surface area contributed by atoms with Gasteiger partial charge in [0.15, 0.2) is 5.96 Å². The molecule has 2 rings (SSSR count). The fraction of sp³-hybridized carbons (Fsp3) is 0.300. The first-order chi connectivity index (χ1) is 12.6. The monoisotopic (exact) mass is 354 g/mol. The van der Waals surface area contributed by atoms with Crippen LogP contribution in [-0.2, 0) is 4.79 Å². The summed E-state index contributed by atoms with van der Waals surface area (Å²) in [4.78, 5) is 17.9. The van der Waals surface area contributed by atoms with Gasteiger partial charge in [0.2, 0.25) is 5.91 Å². The predicted octanol–water partition coefficient (Wildman–Crippen LogP) is 3.46. The highest BCUT2D eigenvalue weighted by molar-refractivity contribution is 5.92. The van der Waals surface area contributed by atoms with E-state index in [1.807, 2.05) is 68.4 Å². The second kappa shape index (κ2) is 10.1. The van der Waals surface area contributed by atoms with Crippen LogP contribution in [0.2, 0.25) is 0 Å². The minimum absolute atomic E-state index is 0.0878. The fourth-order valence-corrected chi connectivity index (χ4v) is 2.46. The molecule has 0 aliphatic rings. The van der Waals surface area contributed by atoms with Crippen molar-refractivity contribution in [3.05, 3.63) is 54.6 Å². The number of hydrogen-bond acceptors (Lipinski definition) is 3. The molecule has 2 aromatic rings. The quantitative estimate of drug-likeness (QED) is 0.562. The van der Waals surface area contributed by atoms with Gasteiger partial charge >= 0.3 is 0 Å². The average Bonchev–Trinajstić information content (AvgIpc) is 2.64. The van der Waals surface area contributed by atoms with E-state index in [2.05, 4.69) is 10.3 Å². The van der Waals surface area contributed by atoms with E-state index in [1.54, 1.807) is 4.90 Å². The van der Waals surface area contributed by atoms with Crippen molar-refractivity contribution in [1.29, 1.82) is 0 Å². The summed E-state index contributed by atoms with van der Waals surface area (Å²) in [5.41, 5.74) is 6.68. The Bertz CT molecular complexity index is 728. The summed E-state index contributed by atoms with van der Waals surface area (Å²) < 4.78 is 5.79. The maximum absolute atomic E-state index is 11.9. The maximum Gasteiger partial charge on any atom is 0.224 e. The van der Waals surface area contributed by atoms with Gasteiger partial charge < -0.3 is 20.7 Å². The molecule has 26 heavy (non-hydrogen) atoms. The van der Waals surface area contributed by atoms with Crippen LogP contribution in [0.3, 0.4) is 0 Å². The summed E-state index contributed by atoms with van der Waals surface area (Å²) in [7, 11) is 0. The number of carbonyl (C=O) groups excluding carboxylic acids is 1. The number of rotatable bonds is 8. The summed E-state index contributed by atoms with van der Waals surface area (Å²) in [6.07, 6.45) is 0.348. The number of nitrogens with one attached hydrogen (secondary N) is 1. The highest BCUT2D eigenvalue weighted by Gasteiger charge is 2.08. The van der Waals surface area contributed by atoms with Gasteiger partial charge in [0, 0.05) is 31.3 Å². The Balaban J connectivity index is 1.89. The second-order valence-corrected chi connectivity index (χ2v) is 5.65. The summed E-state index contributed by atoms with van der Waals surface area (Å²) in [6, 6.07) is 17.0. The standard InChI is InChI=1S/C20H26N4O2/c1-3-24(4-2)19(25)13-14-22-20(21)23-16-9-8-12-18(15-16)26-17-10-6-5-7-11-17/h5-12,15H,3-4,13-14H2,1-2H3,(H3,21,22,23). The van der Waals surface area contributed by atoms with Gasteiger partial charge in [0.25, 0.3) is 0 Å². The zero-order chi connectivity index (χ0) is 18.8. The molecule has 0 fully saturated rings. The molecule has 6 nitrogen and oxygen atoms in total. The molecule has 0 bridgehead atoms. The molecule has 1 amide bonds. The smallest absolute Gasteiger partial charge is 0.224 e. The average molecular weight is 354 g/mol. The van der Waals surface area contributed by atoms with Gasteiger partial charge in [0.05, 0.1) is 6.54 Å². The van der Waals surface area contributed by atoms with Gasteiger partial charge in [-0.25, -0.2) is 0 Å². The van der Waals surface area contributed by atoms with Crippen LogP contribution in [0.15, 0.2) is 59.6 Å². The lowest BCUT2D eigenvalue weighted by molar-refractivity contribution is -0.130. The van der Waals surface area contributed by atoms with Crippen molar-refractivity contribution in [3.8, 4) is 11.5 Å². The Morgan fingerprint density at radius 1 is 1.08 bits per heavy atom. The summed E-state index contributed by atoms with van der Waals surface area (Å²) in [5.74, 6) is 1.82. The lowest BCUT2D eigenvalue weighted by Crippen LogP contribution is -2.31. The van der Waals surface area contributed by atoms with Crippen LogP contribution >= 0.6 is 0 Å². The van der Waals surface area contributed by atoms with Crippen molar-refractivity contribution in [2.45, 2.75) is 20.3 Å². The lowest BCUT2D eigenvalue weighted by atomic mass is 10.3. The summed E-state index contributed by atoms with van der Waals surface area (Å²) in [5, 5.41) is 3.02. The van der Waals surface area contributed by atoms with E-state index in [9.17, 15) is 4.79 Å². The van der Waals surface area contributed by atoms with Gasteiger partial charge in [-0.05, 0) is 38.1 Å². The van der Waals surface area contributed by atoms with E-state index >= 15 is 0 Å². The molecular formula is C20H26N4O2. The molecule has 0 saturated heterocycles. The largest absolute Gasteiger partial charge is 0.457 e. The molecule has 0 aliphatic carbocycles.